The van der Waals surface area contributed by atoms with E-state index in [4.69, 9.17) is 5.73 Å². The van der Waals surface area contributed by atoms with E-state index in [9.17, 15) is 0 Å². The van der Waals surface area contributed by atoms with Crippen LogP contribution in [0.4, 0.5) is 0 Å². The summed E-state index contributed by atoms with van der Waals surface area (Å²) in [5.41, 5.74) is 9.77. The third-order valence-corrected chi connectivity index (χ3v) is 3.77. The van der Waals surface area contributed by atoms with Crippen LogP contribution in [0, 0.1) is 0 Å². The lowest BCUT2D eigenvalue weighted by atomic mass is 10.0. The number of benzene rings is 1. The molecular weight excluding hydrogens is 222 g/mol. The summed E-state index contributed by atoms with van der Waals surface area (Å²) in [7, 11) is 0. The van der Waals surface area contributed by atoms with Crippen molar-refractivity contribution >= 4 is 0 Å². The predicted molar refractivity (Wildman–Crippen MR) is 73.1 cm³/mol. The van der Waals surface area contributed by atoms with Crippen LogP contribution in [-0.4, -0.2) is 9.55 Å². The number of imidazole rings is 1. The van der Waals surface area contributed by atoms with Gasteiger partial charge in [0.1, 0.15) is 0 Å². The van der Waals surface area contributed by atoms with Gasteiger partial charge in [-0.15, -0.1) is 0 Å². The molecule has 0 unspecified atom stereocenters. The lowest BCUT2D eigenvalue weighted by Crippen LogP contribution is -2.18. The Balaban J connectivity index is 1.95. The summed E-state index contributed by atoms with van der Waals surface area (Å²) in [4.78, 5) is 4.24. The molecular formula is C15H19N3. The maximum Gasteiger partial charge on any atom is 0.0953 e. The average Bonchev–Trinajstić information content (AvgIpc) is 2.94. The van der Waals surface area contributed by atoms with Gasteiger partial charge in [0.15, 0.2) is 0 Å². The molecule has 0 radical (unpaired) electrons. The van der Waals surface area contributed by atoms with E-state index in [0.717, 1.165) is 12.8 Å². The third kappa shape index (κ3) is 1.85. The zero-order valence-electron chi connectivity index (χ0n) is 10.9. The van der Waals surface area contributed by atoms with Crippen LogP contribution in [0.1, 0.15) is 38.3 Å². The Morgan fingerprint density at radius 2 is 1.89 bits per heavy atom. The average molecular weight is 241 g/mol. The fourth-order valence-electron chi connectivity index (χ4n) is 2.34. The van der Waals surface area contributed by atoms with Crippen LogP contribution in [0.3, 0.4) is 0 Å². The zero-order chi connectivity index (χ0) is 12.8. The quantitative estimate of drug-likeness (QED) is 0.897. The highest BCUT2D eigenvalue weighted by atomic mass is 15.1. The van der Waals surface area contributed by atoms with Gasteiger partial charge in [0.2, 0.25) is 0 Å². The SMILES string of the molecule is CC(C)n1cncc1-c1ccc(C2(N)CC2)cc1. The Bertz CT molecular complexity index is 547. The van der Waals surface area contributed by atoms with Gasteiger partial charge < -0.3 is 10.3 Å². The molecule has 1 saturated carbocycles. The van der Waals surface area contributed by atoms with E-state index >= 15 is 0 Å². The van der Waals surface area contributed by atoms with Crippen molar-refractivity contribution in [3.05, 3.63) is 42.4 Å². The van der Waals surface area contributed by atoms with Crippen molar-refractivity contribution in [3.63, 3.8) is 0 Å². The van der Waals surface area contributed by atoms with Crippen molar-refractivity contribution in [2.45, 2.75) is 38.3 Å². The topological polar surface area (TPSA) is 43.8 Å². The van der Waals surface area contributed by atoms with E-state index in [1.54, 1.807) is 0 Å². The largest absolute Gasteiger partial charge is 0.328 e. The van der Waals surface area contributed by atoms with Crippen molar-refractivity contribution in [1.82, 2.24) is 9.55 Å². The van der Waals surface area contributed by atoms with E-state index in [1.165, 1.54) is 16.8 Å². The molecule has 0 amide bonds. The van der Waals surface area contributed by atoms with Gasteiger partial charge in [-0.05, 0) is 37.8 Å². The van der Waals surface area contributed by atoms with Gasteiger partial charge in [0.05, 0.1) is 18.2 Å². The Morgan fingerprint density at radius 1 is 1.22 bits per heavy atom. The summed E-state index contributed by atoms with van der Waals surface area (Å²) in [5, 5.41) is 0. The van der Waals surface area contributed by atoms with E-state index < -0.39 is 0 Å². The first-order valence-corrected chi connectivity index (χ1v) is 6.52. The summed E-state index contributed by atoms with van der Waals surface area (Å²) >= 11 is 0. The molecule has 1 aliphatic carbocycles. The summed E-state index contributed by atoms with van der Waals surface area (Å²) in [6.45, 7) is 4.33. The van der Waals surface area contributed by atoms with Crippen LogP contribution in [-0.2, 0) is 5.54 Å². The minimum absolute atomic E-state index is 0.0448. The highest BCUT2D eigenvalue weighted by Gasteiger charge is 2.39. The van der Waals surface area contributed by atoms with E-state index in [2.05, 4.69) is 47.7 Å². The second kappa shape index (κ2) is 3.95. The van der Waals surface area contributed by atoms with Crippen molar-refractivity contribution in [2.75, 3.05) is 0 Å². The van der Waals surface area contributed by atoms with Crippen LogP contribution < -0.4 is 5.73 Å². The minimum atomic E-state index is -0.0448. The zero-order valence-corrected chi connectivity index (χ0v) is 10.9. The molecule has 3 nitrogen and oxygen atoms in total. The van der Waals surface area contributed by atoms with Crippen LogP contribution >= 0.6 is 0 Å². The van der Waals surface area contributed by atoms with Crippen LogP contribution in [0.5, 0.6) is 0 Å². The first-order chi connectivity index (χ1) is 8.60. The molecule has 2 aromatic rings. The van der Waals surface area contributed by atoms with E-state index in [0.29, 0.717) is 6.04 Å². The first kappa shape index (κ1) is 11.5. The Hall–Kier alpha value is -1.61. The summed E-state index contributed by atoms with van der Waals surface area (Å²) in [5.74, 6) is 0. The molecule has 2 N–H and O–H groups in total. The molecule has 18 heavy (non-hydrogen) atoms. The van der Waals surface area contributed by atoms with Crippen molar-refractivity contribution in [2.24, 2.45) is 5.73 Å². The highest BCUT2D eigenvalue weighted by molar-refractivity contribution is 5.60. The van der Waals surface area contributed by atoms with Gasteiger partial charge in [-0.1, -0.05) is 24.3 Å². The lowest BCUT2D eigenvalue weighted by molar-refractivity contribution is 0.605. The van der Waals surface area contributed by atoms with Gasteiger partial charge >= 0.3 is 0 Å². The van der Waals surface area contributed by atoms with Gasteiger partial charge in [0, 0.05) is 11.6 Å². The molecule has 94 valence electrons. The second-order valence-corrected chi connectivity index (χ2v) is 5.51. The molecule has 1 heterocycles. The summed E-state index contributed by atoms with van der Waals surface area (Å²) in [6, 6.07) is 9.03. The molecule has 0 spiro atoms. The smallest absolute Gasteiger partial charge is 0.0953 e. The highest BCUT2D eigenvalue weighted by Crippen LogP contribution is 2.42. The Kier molecular flexibility index (Phi) is 2.52. The second-order valence-electron chi connectivity index (χ2n) is 5.51. The van der Waals surface area contributed by atoms with Gasteiger partial charge in [0.25, 0.3) is 0 Å². The molecule has 3 rings (SSSR count). The van der Waals surface area contributed by atoms with Crippen LogP contribution in [0.25, 0.3) is 11.3 Å². The van der Waals surface area contributed by atoms with Crippen molar-refractivity contribution in [3.8, 4) is 11.3 Å². The first-order valence-electron chi connectivity index (χ1n) is 6.52. The number of rotatable bonds is 3. The number of hydrogen-bond acceptors (Lipinski definition) is 2. The number of hydrogen-bond donors (Lipinski definition) is 1. The van der Waals surface area contributed by atoms with Gasteiger partial charge in [-0.25, -0.2) is 4.98 Å². The van der Waals surface area contributed by atoms with Crippen LogP contribution in [0.2, 0.25) is 0 Å². The van der Waals surface area contributed by atoms with Crippen molar-refractivity contribution < 1.29 is 0 Å². The maximum absolute atomic E-state index is 6.20. The monoisotopic (exact) mass is 241 g/mol. The number of nitrogens with two attached hydrogens (primary N) is 1. The molecule has 1 aromatic heterocycles. The minimum Gasteiger partial charge on any atom is -0.328 e. The molecule has 1 aliphatic rings. The van der Waals surface area contributed by atoms with Gasteiger partial charge in [-0.3, -0.25) is 0 Å². The molecule has 1 fully saturated rings. The van der Waals surface area contributed by atoms with E-state index in [-0.39, 0.29) is 5.54 Å². The standard InChI is InChI=1S/C15H19N3/c1-11(2)18-10-17-9-14(18)12-3-5-13(6-4-12)15(16)7-8-15/h3-6,9-11H,7-8,16H2,1-2H3. The normalized spacial score (nSPS) is 17.1. The maximum atomic E-state index is 6.20. The fourth-order valence-corrected chi connectivity index (χ4v) is 2.34. The lowest BCUT2D eigenvalue weighted by Gasteiger charge is -2.13. The predicted octanol–water partition coefficient (Wildman–Crippen LogP) is 3.08. The van der Waals surface area contributed by atoms with Crippen LogP contribution in [0.15, 0.2) is 36.8 Å². The number of nitrogens with zero attached hydrogens (tertiary/aromatic N) is 2. The molecule has 0 bridgehead atoms. The molecule has 1 aromatic carbocycles. The Labute approximate surface area is 108 Å². The molecule has 3 heteroatoms. The fraction of sp³-hybridized carbons (Fsp3) is 0.400. The summed E-state index contributed by atoms with van der Waals surface area (Å²) < 4.78 is 2.18. The Morgan fingerprint density at radius 3 is 2.44 bits per heavy atom. The van der Waals surface area contributed by atoms with Gasteiger partial charge in [-0.2, -0.15) is 0 Å². The molecule has 0 saturated heterocycles. The third-order valence-electron chi connectivity index (χ3n) is 3.77. The van der Waals surface area contributed by atoms with Crippen molar-refractivity contribution in [1.29, 1.82) is 0 Å². The van der Waals surface area contributed by atoms with E-state index in [1.807, 2.05) is 12.5 Å². The molecule has 0 aliphatic heterocycles. The summed E-state index contributed by atoms with van der Waals surface area (Å²) in [6.07, 6.45) is 6.02. The molecule has 0 atom stereocenters. The number of aromatic nitrogens is 2.